The minimum atomic E-state index is -0.487. The lowest BCUT2D eigenvalue weighted by Crippen LogP contribution is -2.37. The number of hydrogen-bond donors (Lipinski definition) is 2. The van der Waals surface area contributed by atoms with Crippen LogP contribution in [0.1, 0.15) is 5.56 Å². The van der Waals surface area contributed by atoms with Gasteiger partial charge in [0.05, 0.1) is 30.8 Å². The molecule has 0 unspecified atom stereocenters. The molecule has 0 radical (unpaired) electrons. The van der Waals surface area contributed by atoms with Crippen molar-refractivity contribution >= 4 is 40.6 Å². The van der Waals surface area contributed by atoms with Crippen LogP contribution in [-0.4, -0.2) is 72.3 Å². The second kappa shape index (κ2) is 11.7. The van der Waals surface area contributed by atoms with Gasteiger partial charge in [0.2, 0.25) is 5.95 Å². The van der Waals surface area contributed by atoms with Gasteiger partial charge in [-0.05, 0) is 36.2 Å². The Kier molecular flexibility index (Phi) is 7.97. The number of nitrogens with zero attached hydrogens (tertiary/aromatic N) is 4. The fourth-order valence-electron chi connectivity index (χ4n) is 4.35. The zero-order valence-corrected chi connectivity index (χ0v) is 20.6. The van der Waals surface area contributed by atoms with E-state index in [4.69, 9.17) is 4.74 Å². The molecule has 0 aliphatic carbocycles. The molecule has 2 N–H and O–H groups in total. The highest BCUT2D eigenvalue weighted by molar-refractivity contribution is 7.99. The minimum absolute atomic E-state index is 0.157. The number of para-hydroxylation sites is 2. The number of hydrogen-bond acceptors (Lipinski definition) is 8. The average molecular weight is 495 g/mol. The van der Waals surface area contributed by atoms with Crippen molar-refractivity contribution in [2.75, 3.05) is 73.0 Å². The van der Waals surface area contributed by atoms with Gasteiger partial charge in [-0.3, -0.25) is 4.90 Å². The van der Waals surface area contributed by atoms with Crippen LogP contribution >= 0.6 is 11.8 Å². The molecule has 184 valence electrons. The van der Waals surface area contributed by atoms with Crippen LogP contribution in [0.4, 0.5) is 33.2 Å². The van der Waals surface area contributed by atoms with Crippen molar-refractivity contribution in [1.82, 2.24) is 14.9 Å². The molecular weight excluding hydrogens is 463 g/mol. The van der Waals surface area contributed by atoms with E-state index in [0.717, 1.165) is 80.9 Å². The SMILES string of the molecule is Fc1cnc(Nc2cccc(CCN3CCOCC3)c2)nc1Nc1ccccc1N1CCSCC1. The standard InChI is InChI=1S/C26H31FN6OS/c27-22-19-28-26(29-21-5-3-4-20(18-21)8-9-32-10-14-34-15-11-32)31-25(22)30-23-6-1-2-7-24(23)33-12-16-35-17-13-33/h1-7,18-19H,8-17H2,(H2,28,29,30,31). The summed E-state index contributed by atoms with van der Waals surface area (Å²) in [5.74, 6) is 2.21. The third kappa shape index (κ3) is 6.42. The number of aromatic nitrogens is 2. The molecule has 2 aliphatic heterocycles. The maximum Gasteiger partial charge on any atom is 0.229 e. The quantitative estimate of drug-likeness (QED) is 0.474. The van der Waals surface area contributed by atoms with Gasteiger partial charge in [-0.1, -0.05) is 24.3 Å². The van der Waals surface area contributed by atoms with Crippen molar-refractivity contribution in [1.29, 1.82) is 0 Å². The van der Waals surface area contributed by atoms with Gasteiger partial charge in [-0.25, -0.2) is 9.37 Å². The number of nitrogens with one attached hydrogen (secondary N) is 2. The Morgan fingerprint density at radius 3 is 2.66 bits per heavy atom. The zero-order chi connectivity index (χ0) is 23.9. The van der Waals surface area contributed by atoms with Crippen molar-refractivity contribution in [2.24, 2.45) is 0 Å². The molecule has 0 bridgehead atoms. The number of halogens is 1. The number of anilines is 5. The molecule has 9 heteroatoms. The highest BCUT2D eigenvalue weighted by Crippen LogP contribution is 2.31. The summed E-state index contributed by atoms with van der Waals surface area (Å²) in [5.41, 5.74) is 4.02. The summed E-state index contributed by atoms with van der Waals surface area (Å²) in [4.78, 5) is 13.4. The number of ether oxygens (including phenoxy) is 1. The van der Waals surface area contributed by atoms with Crippen LogP contribution in [0.3, 0.4) is 0 Å². The van der Waals surface area contributed by atoms with E-state index in [9.17, 15) is 4.39 Å². The lowest BCUT2D eigenvalue weighted by molar-refractivity contribution is 0.0384. The summed E-state index contributed by atoms with van der Waals surface area (Å²) in [7, 11) is 0. The lowest BCUT2D eigenvalue weighted by atomic mass is 10.1. The first-order valence-corrected chi connectivity index (χ1v) is 13.3. The summed E-state index contributed by atoms with van der Waals surface area (Å²) >= 11 is 1.96. The van der Waals surface area contributed by atoms with E-state index in [0.29, 0.717) is 5.95 Å². The second-order valence-corrected chi connectivity index (χ2v) is 9.89. The normalized spacial score (nSPS) is 16.8. The Hall–Kier alpha value is -2.88. The molecule has 0 spiro atoms. The first kappa shape index (κ1) is 23.8. The monoisotopic (exact) mass is 494 g/mol. The molecule has 1 aromatic heterocycles. The van der Waals surface area contributed by atoms with E-state index in [2.05, 4.69) is 48.6 Å². The molecule has 0 atom stereocenters. The minimum Gasteiger partial charge on any atom is -0.379 e. The van der Waals surface area contributed by atoms with Crippen LogP contribution < -0.4 is 15.5 Å². The molecule has 35 heavy (non-hydrogen) atoms. The summed E-state index contributed by atoms with van der Waals surface area (Å²) in [6.07, 6.45) is 2.17. The largest absolute Gasteiger partial charge is 0.379 e. The van der Waals surface area contributed by atoms with E-state index in [1.165, 1.54) is 11.8 Å². The van der Waals surface area contributed by atoms with Crippen LogP contribution in [0.2, 0.25) is 0 Å². The van der Waals surface area contributed by atoms with Crippen LogP contribution in [0.25, 0.3) is 0 Å². The van der Waals surface area contributed by atoms with E-state index < -0.39 is 5.82 Å². The highest BCUT2D eigenvalue weighted by Gasteiger charge is 2.16. The van der Waals surface area contributed by atoms with Crippen molar-refractivity contribution in [2.45, 2.75) is 6.42 Å². The predicted octanol–water partition coefficient (Wildman–Crippen LogP) is 4.53. The molecular formula is C26H31FN6OS. The van der Waals surface area contributed by atoms with Crippen molar-refractivity contribution < 1.29 is 9.13 Å². The highest BCUT2D eigenvalue weighted by atomic mass is 32.2. The second-order valence-electron chi connectivity index (χ2n) is 8.66. The lowest BCUT2D eigenvalue weighted by Gasteiger charge is -2.30. The maximum atomic E-state index is 14.7. The summed E-state index contributed by atoms with van der Waals surface area (Å²) in [6, 6.07) is 16.2. The van der Waals surface area contributed by atoms with Crippen LogP contribution in [0, 0.1) is 5.82 Å². The van der Waals surface area contributed by atoms with E-state index >= 15 is 0 Å². The van der Waals surface area contributed by atoms with Gasteiger partial charge >= 0.3 is 0 Å². The summed E-state index contributed by atoms with van der Waals surface area (Å²) in [5, 5.41) is 6.44. The third-order valence-electron chi connectivity index (χ3n) is 6.26. The molecule has 5 rings (SSSR count). The van der Waals surface area contributed by atoms with Gasteiger partial charge in [0.25, 0.3) is 0 Å². The van der Waals surface area contributed by atoms with Crippen molar-refractivity contribution in [3.8, 4) is 0 Å². The van der Waals surface area contributed by atoms with Gasteiger partial charge in [-0.2, -0.15) is 16.7 Å². The third-order valence-corrected chi connectivity index (χ3v) is 7.20. The van der Waals surface area contributed by atoms with E-state index in [1.54, 1.807) is 0 Å². The van der Waals surface area contributed by atoms with Crippen LogP contribution in [0.5, 0.6) is 0 Å². The van der Waals surface area contributed by atoms with Crippen molar-refractivity contribution in [3.63, 3.8) is 0 Å². The predicted molar refractivity (Wildman–Crippen MR) is 142 cm³/mol. The zero-order valence-electron chi connectivity index (χ0n) is 19.8. The van der Waals surface area contributed by atoms with Gasteiger partial charge < -0.3 is 20.3 Å². The molecule has 3 heterocycles. The van der Waals surface area contributed by atoms with Gasteiger partial charge in [0.1, 0.15) is 0 Å². The van der Waals surface area contributed by atoms with E-state index in [-0.39, 0.29) is 5.82 Å². The number of benzene rings is 2. The Morgan fingerprint density at radius 2 is 1.80 bits per heavy atom. The summed E-state index contributed by atoms with van der Waals surface area (Å²) < 4.78 is 20.1. The van der Waals surface area contributed by atoms with Gasteiger partial charge in [0, 0.05) is 49.9 Å². The topological polar surface area (TPSA) is 65.5 Å². The van der Waals surface area contributed by atoms with E-state index in [1.807, 2.05) is 42.1 Å². The first-order valence-electron chi connectivity index (χ1n) is 12.1. The average Bonchev–Trinajstić information content (AvgIpc) is 2.91. The Bertz CT molecular complexity index is 1120. The summed E-state index contributed by atoms with van der Waals surface area (Å²) in [6.45, 7) is 6.54. The van der Waals surface area contributed by atoms with Crippen molar-refractivity contribution in [3.05, 3.63) is 66.1 Å². The number of rotatable bonds is 8. The van der Waals surface area contributed by atoms with Gasteiger partial charge in [0.15, 0.2) is 11.6 Å². The smallest absolute Gasteiger partial charge is 0.229 e. The molecule has 2 aromatic carbocycles. The van der Waals surface area contributed by atoms with Gasteiger partial charge in [-0.15, -0.1) is 0 Å². The molecule has 2 fully saturated rings. The molecule has 2 saturated heterocycles. The Labute approximate surface area is 210 Å². The molecule has 3 aromatic rings. The number of thioether (sulfide) groups is 1. The van der Waals surface area contributed by atoms with Crippen LogP contribution in [0.15, 0.2) is 54.7 Å². The molecule has 2 aliphatic rings. The maximum absolute atomic E-state index is 14.7. The Balaban J connectivity index is 1.27. The van der Waals surface area contributed by atoms with Crippen LogP contribution in [-0.2, 0) is 11.2 Å². The fraction of sp³-hybridized carbons (Fsp3) is 0.385. The molecule has 7 nitrogen and oxygen atoms in total. The fourth-order valence-corrected chi connectivity index (χ4v) is 5.25. The first-order chi connectivity index (χ1) is 17.2. The number of morpholine rings is 1. The molecule has 0 amide bonds. The Morgan fingerprint density at radius 1 is 0.971 bits per heavy atom. The molecule has 0 saturated carbocycles.